The quantitative estimate of drug-likeness (QED) is 0.368. The van der Waals surface area contributed by atoms with Gasteiger partial charge in [0.2, 0.25) is 11.8 Å². The fourth-order valence-corrected chi connectivity index (χ4v) is 4.55. The second kappa shape index (κ2) is 10.5. The largest absolute Gasteiger partial charge is 0.481 e. The van der Waals surface area contributed by atoms with Crippen molar-refractivity contribution >= 4 is 29.1 Å². The van der Waals surface area contributed by atoms with Gasteiger partial charge in [0.1, 0.15) is 5.69 Å². The number of hydrogen-bond donors (Lipinski definition) is 2. The molecular formula is C24H22ClF3N8O3. The van der Waals surface area contributed by atoms with Crippen molar-refractivity contribution in [3.05, 3.63) is 58.8 Å². The van der Waals surface area contributed by atoms with Gasteiger partial charge in [-0.2, -0.15) is 18.3 Å². The van der Waals surface area contributed by atoms with Crippen molar-refractivity contribution in [1.82, 2.24) is 40.0 Å². The number of amides is 2. The molecule has 0 radical (unpaired) electrons. The summed E-state index contributed by atoms with van der Waals surface area (Å²) in [6, 6.07) is 5.36. The number of likely N-dealkylation sites (tertiary alicyclic amines) is 1. The van der Waals surface area contributed by atoms with Crippen molar-refractivity contribution in [2.45, 2.75) is 25.6 Å². The Morgan fingerprint density at radius 1 is 1.21 bits per heavy atom. The van der Waals surface area contributed by atoms with Gasteiger partial charge in [0.25, 0.3) is 5.91 Å². The zero-order chi connectivity index (χ0) is 27.7. The molecule has 2 N–H and O–H groups in total. The highest BCUT2D eigenvalue weighted by atomic mass is 35.5. The summed E-state index contributed by atoms with van der Waals surface area (Å²) in [5.41, 5.74) is 0.696. The Balaban J connectivity index is 1.17. The number of ether oxygens (including phenoxy) is 1. The molecule has 0 saturated carbocycles. The van der Waals surface area contributed by atoms with Crippen LogP contribution in [0.5, 0.6) is 5.88 Å². The Bertz CT molecular complexity index is 1530. The summed E-state index contributed by atoms with van der Waals surface area (Å²) in [6.45, 7) is 0.607. The highest BCUT2D eigenvalue weighted by molar-refractivity contribution is 6.33. The number of carbonyl (C=O) groups is 2. The Hall–Kier alpha value is -4.20. The molecule has 0 atom stereocenters. The number of H-pyrrole nitrogens is 1. The Labute approximate surface area is 224 Å². The zero-order valence-corrected chi connectivity index (χ0v) is 21.3. The van der Waals surface area contributed by atoms with Crippen LogP contribution in [0, 0.1) is 5.92 Å². The molecule has 0 unspecified atom stereocenters. The Morgan fingerprint density at radius 2 is 1.97 bits per heavy atom. The van der Waals surface area contributed by atoms with E-state index in [1.54, 1.807) is 17.0 Å². The molecule has 1 fully saturated rings. The average Bonchev–Trinajstić information content (AvgIpc) is 3.58. The minimum Gasteiger partial charge on any atom is -0.481 e. The number of rotatable bonds is 6. The van der Waals surface area contributed by atoms with Crippen molar-refractivity contribution in [3.63, 3.8) is 0 Å². The number of fused-ring (bicyclic) bond motifs is 1. The highest BCUT2D eigenvalue weighted by Gasteiger charge is 2.32. The van der Waals surface area contributed by atoms with Gasteiger partial charge in [0.15, 0.2) is 11.5 Å². The van der Waals surface area contributed by atoms with Crippen LogP contribution >= 0.6 is 11.6 Å². The third-order valence-corrected chi connectivity index (χ3v) is 6.80. The lowest BCUT2D eigenvalue weighted by Crippen LogP contribution is -2.43. The number of alkyl halides is 3. The predicted molar refractivity (Wildman–Crippen MR) is 132 cm³/mol. The van der Waals surface area contributed by atoms with Gasteiger partial charge in [-0.05, 0) is 31.0 Å². The van der Waals surface area contributed by atoms with Crippen molar-refractivity contribution in [1.29, 1.82) is 0 Å². The van der Waals surface area contributed by atoms with E-state index in [0.717, 1.165) is 12.3 Å². The molecule has 0 aromatic carbocycles. The number of carbonyl (C=O) groups excluding carboxylic acids is 2. The molecule has 39 heavy (non-hydrogen) atoms. The fraction of sp³-hybridized carbons (Fsp3) is 0.333. The van der Waals surface area contributed by atoms with E-state index in [9.17, 15) is 22.8 Å². The standard InChI is InChI=1S/C24H22ClF3N8O3/c1-39-21-8-15(16(25)10-29-21)17-9-18(32-31-17)23(38)35-6-4-13(5-7-35)22(37)30-11-20-34-33-19-3-2-14(12-36(19)20)24(26,27)28/h2-3,8-10,12-13H,4-7,11H2,1H3,(H,30,37)(H,31,32). The van der Waals surface area contributed by atoms with Crippen LogP contribution in [-0.4, -0.2) is 66.7 Å². The van der Waals surface area contributed by atoms with E-state index in [2.05, 4.69) is 30.7 Å². The van der Waals surface area contributed by atoms with Gasteiger partial charge in [0, 0.05) is 36.8 Å². The lowest BCUT2D eigenvalue weighted by atomic mass is 9.95. The summed E-state index contributed by atoms with van der Waals surface area (Å²) < 4.78 is 45.5. The molecule has 1 saturated heterocycles. The second-order valence-electron chi connectivity index (χ2n) is 8.92. The molecule has 1 aliphatic rings. The van der Waals surface area contributed by atoms with Gasteiger partial charge in [-0.1, -0.05) is 11.6 Å². The molecule has 0 spiro atoms. The van der Waals surface area contributed by atoms with Gasteiger partial charge in [0.05, 0.1) is 36.1 Å². The van der Waals surface area contributed by atoms with Gasteiger partial charge >= 0.3 is 6.18 Å². The molecule has 1 aliphatic heterocycles. The number of aromatic nitrogens is 6. The Morgan fingerprint density at radius 3 is 2.69 bits per heavy atom. The zero-order valence-electron chi connectivity index (χ0n) is 20.5. The molecule has 0 bridgehead atoms. The number of hydrogen-bond acceptors (Lipinski definition) is 7. The Kier molecular flexibility index (Phi) is 7.12. The molecule has 11 nitrogen and oxygen atoms in total. The topological polar surface area (TPSA) is 130 Å². The lowest BCUT2D eigenvalue weighted by Gasteiger charge is -2.31. The van der Waals surface area contributed by atoms with Crippen LogP contribution < -0.4 is 10.1 Å². The number of pyridine rings is 2. The van der Waals surface area contributed by atoms with E-state index in [0.29, 0.717) is 48.1 Å². The third kappa shape index (κ3) is 5.50. The maximum absolute atomic E-state index is 13.1. The van der Waals surface area contributed by atoms with E-state index in [1.165, 1.54) is 23.8 Å². The number of aromatic amines is 1. The maximum Gasteiger partial charge on any atom is 0.417 e. The van der Waals surface area contributed by atoms with Gasteiger partial charge in [-0.25, -0.2) is 4.98 Å². The summed E-state index contributed by atoms with van der Waals surface area (Å²) in [6.07, 6.45) is -1.33. The van der Waals surface area contributed by atoms with Crippen molar-refractivity contribution in [2.75, 3.05) is 20.2 Å². The average molecular weight is 563 g/mol. The first kappa shape index (κ1) is 26.4. The van der Waals surface area contributed by atoms with Crippen LogP contribution in [0.2, 0.25) is 5.02 Å². The minimum atomic E-state index is -4.51. The summed E-state index contributed by atoms with van der Waals surface area (Å²) in [7, 11) is 1.48. The van der Waals surface area contributed by atoms with Crippen molar-refractivity contribution in [2.24, 2.45) is 5.92 Å². The summed E-state index contributed by atoms with van der Waals surface area (Å²) >= 11 is 6.22. The maximum atomic E-state index is 13.1. The van der Waals surface area contributed by atoms with E-state index in [4.69, 9.17) is 16.3 Å². The fourth-order valence-electron chi connectivity index (χ4n) is 4.35. The highest BCUT2D eigenvalue weighted by Crippen LogP contribution is 2.30. The van der Waals surface area contributed by atoms with Gasteiger partial charge in [-0.15, -0.1) is 10.2 Å². The number of piperidine rings is 1. The van der Waals surface area contributed by atoms with Crippen LogP contribution in [0.3, 0.4) is 0 Å². The molecule has 5 rings (SSSR count). The number of halogens is 4. The van der Waals surface area contributed by atoms with E-state index in [1.807, 2.05) is 0 Å². The van der Waals surface area contributed by atoms with Gasteiger partial charge < -0.3 is 15.0 Å². The SMILES string of the molecule is COc1cc(-c2cc(C(=O)N3CCC(C(=O)NCc4nnc5ccc(C(F)(F)F)cn45)CC3)[nH]n2)c(Cl)cn1. The van der Waals surface area contributed by atoms with Crippen LogP contribution in [0.4, 0.5) is 13.2 Å². The molecule has 5 heterocycles. The second-order valence-corrected chi connectivity index (χ2v) is 9.32. The lowest BCUT2D eigenvalue weighted by molar-refractivity contribution is -0.138. The first-order valence-electron chi connectivity index (χ1n) is 11.9. The van der Waals surface area contributed by atoms with Crippen LogP contribution in [-0.2, 0) is 17.5 Å². The smallest absolute Gasteiger partial charge is 0.417 e. The normalized spacial score (nSPS) is 14.5. The molecule has 204 valence electrons. The monoisotopic (exact) mass is 562 g/mol. The van der Waals surface area contributed by atoms with Crippen LogP contribution in [0.1, 0.15) is 34.7 Å². The molecule has 15 heteroatoms. The van der Waals surface area contributed by atoms with E-state index >= 15 is 0 Å². The summed E-state index contributed by atoms with van der Waals surface area (Å²) in [4.78, 5) is 31.4. The van der Waals surface area contributed by atoms with E-state index in [-0.39, 0.29) is 41.4 Å². The summed E-state index contributed by atoms with van der Waals surface area (Å²) in [5.74, 6) is -0.358. The van der Waals surface area contributed by atoms with Crippen LogP contribution in [0.15, 0.2) is 36.7 Å². The molecule has 4 aromatic heterocycles. The van der Waals surface area contributed by atoms with Crippen molar-refractivity contribution in [3.8, 4) is 17.1 Å². The van der Waals surface area contributed by atoms with Gasteiger partial charge in [-0.3, -0.25) is 19.1 Å². The third-order valence-electron chi connectivity index (χ3n) is 6.50. The van der Waals surface area contributed by atoms with Crippen molar-refractivity contribution < 1.29 is 27.5 Å². The molecular weight excluding hydrogens is 541 g/mol. The first-order valence-corrected chi connectivity index (χ1v) is 12.2. The van der Waals surface area contributed by atoms with E-state index < -0.39 is 11.7 Å². The molecule has 4 aromatic rings. The number of nitrogens with zero attached hydrogens (tertiary/aromatic N) is 6. The minimum absolute atomic E-state index is 0.0836. The number of nitrogens with one attached hydrogen (secondary N) is 2. The first-order chi connectivity index (χ1) is 18.6. The predicted octanol–water partition coefficient (Wildman–Crippen LogP) is 3.36. The molecule has 2 amide bonds. The number of methoxy groups -OCH3 is 1. The summed E-state index contributed by atoms with van der Waals surface area (Å²) in [5, 5.41) is 17.8. The molecule has 0 aliphatic carbocycles. The van der Waals surface area contributed by atoms with Crippen LogP contribution in [0.25, 0.3) is 16.9 Å².